The molecule has 1 unspecified atom stereocenters. The van der Waals surface area contributed by atoms with Crippen molar-refractivity contribution in [2.45, 2.75) is 26.8 Å². The van der Waals surface area contributed by atoms with Crippen molar-refractivity contribution in [3.8, 4) is 0 Å². The molecule has 0 radical (unpaired) electrons. The summed E-state index contributed by atoms with van der Waals surface area (Å²) in [4.78, 5) is 15.9. The van der Waals surface area contributed by atoms with Gasteiger partial charge in [0.15, 0.2) is 5.82 Å². The summed E-state index contributed by atoms with van der Waals surface area (Å²) in [6.45, 7) is 5.67. The summed E-state index contributed by atoms with van der Waals surface area (Å²) in [5.74, 6) is 1.08. The number of nitrogens with zero attached hydrogens (tertiary/aromatic N) is 3. The predicted molar refractivity (Wildman–Crippen MR) is 67.5 cm³/mol. The average Bonchev–Trinajstić information content (AvgIpc) is 2.65. The van der Waals surface area contributed by atoms with Crippen LogP contribution in [-0.2, 0) is 7.05 Å². The van der Waals surface area contributed by atoms with Gasteiger partial charge in [-0.1, -0.05) is 5.16 Å². The largest absolute Gasteiger partial charge is 0.361 e. The van der Waals surface area contributed by atoms with Crippen molar-refractivity contribution >= 4 is 5.82 Å². The minimum Gasteiger partial charge on any atom is -0.361 e. The Morgan fingerprint density at radius 3 is 2.78 bits per heavy atom. The molecule has 0 aliphatic rings. The molecule has 1 atom stereocenters. The fraction of sp³-hybridized carbons (Fsp3) is 0.417. The molecule has 18 heavy (non-hydrogen) atoms. The van der Waals surface area contributed by atoms with Gasteiger partial charge in [-0.15, -0.1) is 0 Å². The van der Waals surface area contributed by atoms with Gasteiger partial charge < -0.3 is 14.4 Å². The number of hydrogen-bond donors (Lipinski definition) is 1. The molecule has 2 aromatic heterocycles. The Balaban J connectivity index is 2.30. The summed E-state index contributed by atoms with van der Waals surface area (Å²) in [6.07, 6.45) is 3.21. The van der Waals surface area contributed by atoms with Gasteiger partial charge in [0.2, 0.25) is 0 Å². The molecule has 0 saturated carbocycles. The minimum absolute atomic E-state index is 0.0844. The van der Waals surface area contributed by atoms with Gasteiger partial charge in [0.05, 0.1) is 11.7 Å². The van der Waals surface area contributed by atoms with Crippen molar-refractivity contribution in [2.75, 3.05) is 5.32 Å². The second-order valence-electron chi connectivity index (χ2n) is 4.30. The average molecular weight is 248 g/mol. The van der Waals surface area contributed by atoms with Crippen LogP contribution in [0.25, 0.3) is 0 Å². The van der Waals surface area contributed by atoms with Gasteiger partial charge in [0.25, 0.3) is 5.56 Å². The summed E-state index contributed by atoms with van der Waals surface area (Å²) < 4.78 is 6.60. The maximum Gasteiger partial charge on any atom is 0.293 e. The van der Waals surface area contributed by atoms with Crippen LogP contribution < -0.4 is 10.9 Å². The van der Waals surface area contributed by atoms with Crippen LogP contribution in [0.4, 0.5) is 5.82 Å². The highest BCUT2D eigenvalue weighted by Crippen LogP contribution is 2.22. The van der Waals surface area contributed by atoms with Crippen LogP contribution >= 0.6 is 0 Å². The van der Waals surface area contributed by atoms with Crippen molar-refractivity contribution in [1.82, 2.24) is 14.7 Å². The molecule has 0 fully saturated rings. The molecule has 0 aliphatic carbocycles. The van der Waals surface area contributed by atoms with E-state index < -0.39 is 0 Å². The minimum atomic E-state index is -0.156. The molecule has 0 spiro atoms. The normalized spacial score (nSPS) is 12.4. The van der Waals surface area contributed by atoms with Crippen molar-refractivity contribution < 1.29 is 4.52 Å². The van der Waals surface area contributed by atoms with Gasteiger partial charge in [-0.2, -0.15) is 0 Å². The molecule has 96 valence electrons. The summed E-state index contributed by atoms with van der Waals surface area (Å²) in [5.41, 5.74) is 1.62. The summed E-state index contributed by atoms with van der Waals surface area (Å²) in [6, 6.07) is -0.0844. The van der Waals surface area contributed by atoms with Gasteiger partial charge in [-0.3, -0.25) is 4.79 Å². The highest BCUT2D eigenvalue weighted by atomic mass is 16.5. The van der Waals surface area contributed by atoms with E-state index in [0.29, 0.717) is 5.82 Å². The first-order valence-corrected chi connectivity index (χ1v) is 5.71. The van der Waals surface area contributed by atoms with Crippen LogP contribution in [0, 0.1) is 13.8 Å². The lowest BCUT2D eigenvalue weighted by Gasteiger charge is -2.14. The van der Waals surface area contributed by atoms with E-state index in [2.05, 4.69) is 15.5 Å². The molecular weight excluding hydrogens is 232 g/mol. The Morgan fingerprint density at radius 1 is 1.44 bits per heavy atom. The number of aromatic nitrogens is 3. The maximum atomic E-state index is 11.8. The summed E-state index contributed by atoms with van der Waals surface area (Å²) in [5, 5.41) is 6.99. The first kappa shape index (κ1) is 12.3. The monoisotopic (exact) mass is 248 g/mol. The van der Waals surface area contributed by atoms with Crippen LogP contribution in [0.15, 0.2) is 21.7 Å². The fourth-order valence-electron chi connectivity index (χ4n) is 1.98. The highest BCUT2D eigenvalue weighted by molar-refractivity contribution is 5.37. The van der Waals surface area contributed by atoms with E-state index in [-0.39, 0.29) is 11.6 Å². The Bertz CT molecular complexity index is 595. The lowest BCUT2D eigenvalue weighted by molar-refractivity contribution is 0.392. The molecule has 2 heterocycles. The van der Waals surface area contributed by atoms with Crippen molar-refractivity contribution in [1.29, 1.82) is 0 Å². The van der Waals surface area contributed by atoms with E-state index >= 15 is 0 Å². The molecule has 6 nitrogen and oxygen atoms in total. The number of aryl methyl sites for hydroxylation is 3. The Hall–Kier alpha value is -2.11. The lowest BCUT2D eigenvalue weighted by Crippen LogP contribution is -2.23. The smallest absolute Gasteiger partial charge is 0.293 e. The van der Waals surface area contributed by atoms with E-state index in [1.54, 1.807) is 19.4 Å². The number of rotatable bonds is 3. The second kappa shape index (κ2) is 4.64. The third kappa shape index (κ3) is 2.13. The molecule has 0 aliphatic heterocycles. The van der Waals surface area contributed by atoms with E-state index in [0.717, 1.165) is 17.0 Å². The van der Waals surface area contributed by atoms with E-state index in [1.807, 2.05) is 20.8 Å². The molecule has 1 N–H and O–H groups in total. The van der Waals surface area contributed by atoms with Crippen LogP contribution in [0.3, 0.4) is 0 Å². The first-order valence-electron chi connectivity index (χ1n) is 5.71. The lowest BCUT2D eigenvalue weighted by atomic mass is 10.1. The van der Waals surface area contributed by atoms with Gasteiger partial charge in [0.1, 0.15) is 5.76 Å². The Kier molecular flexibility index (Phi) is 3.18. The molecule has 0 bridgehead atoms. The SMILES string of the molecule is Cc1noc(C)c1C(C)Nc1nccn(C)c1=O. The Morgan fingerprint density at radius 2 is 2.17 bits per heavy atom. The van der Waals surface area contributed by atoms with Gasteiger partial charge in [-0.25, -0.2) is 4.98 Å². The van der Waals surface area contributed by atoms with Crippen LogP contribution in [-0.4, -0.2) is 14.7 Å². The molecule has 0 aromatic carbocycles. The zero-order chi connectivity index (χ0) is 13.3. The van der Waals surface area contributed by atoms with Crippen molar-refractivity contribution in [2.24, 2.45) is 7.05 Å². The predicted octanol–water partition coefficient (Wildman–Crippen LogP) is 1.56. The van der Waals surface area contributed by atoms with E-state index in [9.17, 15) is 4.79 Å². The van der Waals surface area contributed by atoms with Gasteiger partial charge in [0, 0.05) is 25.0 Å². The number of hydrogen-bond acceptors (Lipinski definition) is 5. The second-order valence-corrected chi connectivity index (χ2v) is 4.30. The molecule has 2 aromatic rings. The van der Waals surface area contributed by atoms with Crippen LogP contribution in [0.2, 0.25) is 0 Å². The van der Waals surface area contributed by atoms with E-state index in [1.165, 1.54) is 4.57 Å². The quantitative estimate of drug-likeness (QED) is 0.892. The highest BCUT2D eigenvalue weighted by Gasteiger charge is 2.17. The van der Waals surface area contributed by atoms with Gasteiger partial charge in [-0.05, 0) is 20.8 Å². The molecule has 6 heteroatoms. The third-order valence-corrected chi connectivity index (χ3v) is 2.89. The summed E-state index contributed by atoms with van der Waals surface area (Å²) in [7, 11) is 1.69. The molecule has 0 saturated heterocycles. The standard InChI is InChI=1S/C12H16N4O2/c1-7(10-8(2)15-18-9(10)3)14-11-12(17)16(4)6-5-13-11/h5-7H,1-4H3,(H,13,14). The maximum absolute atomic E-state index is 11.8. The van der Waals surface area contributed by atoms with Crippen LogP contribution in [0.1, 0.15) is 30.0 Å². The zero-order valence-corrected chi connectivity index (χ0v) is 10.9. The van der Waals surface area contributed by atoms with E-state index in [4.69, 9.17) is 4.52 Å². The van der Waals surface area contributed by atoms with Crippen LogP contribution in [0.5, 0.6) is 0 Å². The van der Waals surface area contributed by atoms with Crippen molar-refractivity contribution in [3.63, 3.8) is 0 Å². The summed E-state index contributed by atoms with van der Waals surface area (Å²) >= 11 is 0. The molecule has 0 amide bonds. The fourth-order valence-corrected chi connectivity index (χ4v) is 1.98. The number of nitrogens with one attached hydrogen (secondary N) is 1. The molecule has 2 rings (SSSR count). The number of anilines is 1. The zero-order valence-electron chi connectivity index (χ0n) is 10.9. The Labute approximate surface area is 105 Å². The van der Waals surface area contributed by atoms with Gasteiger partial charge >= 0.3 is 0 Å². The molecular formula is C12H16N4O2. The third-order valence-electron chi connectivity index (χ3n) is 2.89. The van der Waals surface area contributed by atoms with Crippen molar-refractivity contribution in [3.05, 3.63) is 39.8 Å². The first-order chi connectivity index (χ1) is 8.50. The topological polar surface area (TPSA) is 73.0 Å².